The van der Waals surface area contributed by atoms with E-state index in [0.717, 1.165) is 23.0 Å². The molecule has 1 aromatic carbocycles. The molecule has 2 heteroatoms. The third-order valence-corrected chi connectivity index (χ3v) is 3.59. The molecule has 0 bridgehead atoms. The second kappa shape index (κ2) is 5.46. The minimum absolute atomic E-state index is 0.994. The van der Waals surface area contributed by atoms with Crippen molar-refractivity contribution < 1.29 is 0 Å². The summed E-state index contributed by atoms with van der Waals surface area (Å²) in [6.45, 7) is 4.34. The van der Waals surface area contributed by atoms with E-state index in [-0.39, 0.29) is 0 Å². The van der Waals surface area contributed by atoms with E-state index < -0.39 is 0 Å². The zero-order valence-corrected chi connectivity index (χ0v) is 11.7. The van der Waals surface area contributed by atoms with E-state index >= 15 is 0 Å². The van der Waals surface area contributed by atoms with E-state index in [1.165, 1.54) is 16.7 Å². The van der Waals surface area contributed by atoms with Gasteiger partial charge in [0.15, 0.2) is 0 Å². The van der Waals surface area contributed by atoms with E-state index in [0.29, 0.717) is 0 Å². The van der Waals surface area contributed by atoms with Crippen molar-refractivity contribution in [2.45, 2.75) is 26.7 Å². The Balaban J connectivity index is 2.63. The minimum Gasteiger partial charge on any atom is -0.245 e. The average Bonchev–Trinajstić information content (AvgIpc) is 2.39. The zero-order valence-electron chi connectivity index (χ0n) is 10.1. The van der Waals surface area contributed by atoms with Gasteiger partial charge in [0.05, 0.1) is 5.69 Å². The summed E-state index contributed by atoms with van der Waals surface area (Å²) in [5, 5.41) is 0. The van der Waals surface area contributed by atoms with Gasteiger partial charge in [-0.15, -0.1) is 0 Å². The molecule has 0 aliphatic rings. The Bertz CT molecular complexity index is 506. The monoisotopic (exact) mass is 288 g/mol. The van der Waals surface area contributed by atoms with Gasteiger partial charge in [-0.25, -0.2) is 4.98 Å². The highest BCUT2D eigenvalue weighted by atomic mass is 79.9. The Kier molecular flexibility index (Phi) is 3.95. The number of rotatable bonds is 3. The molecule has 2 rings (SSSR count). The van der Waals surface area contributed by atoms with E-state index in [9.17, 15) is 0 Å². The molecule has 0 amide bonds. The molecule has 1 aromatic heterocycles. The SMILES string of the molecule is CCc1c(Br)[c]nc(-c2ccccc2)c1CC. The summed E-state index contributed by atoms with van der Waals surface area (Å²) in [4.78, 5) is 4.46. The minimum atomic E-state index is 0.994. The highest BCUT2D eigenvalue weighted by Gasteiger charge is 2.12. The summed E-state index contributed by atoms with van der Waals surface area (Å²) >= 11 is 3.54. The Hall–Kier alpha value is -1.15. The van der Waals surface area contributed by atoms with Crippen LogP contribution in [0.1, 0.15) is 25.0 Å². The molecular formula is C15H15BrN. The van der Waals surface area contributed by atoms with E-state index in [2.05, 4.69) is 53.1 Å². The fourth-order valence-corrected chi connectivity index (χ4v) is 2.71. The molecule has 0 N–H and O–H groups in total. The number of hydrogen-bond acceptors (Lipinski definition) is 1. The van der Waals surface area contributed by atoms with Crippen molar-refractivity contribution in [3.63, 3.8) is 0 Å². The molecule has 0 fully saturated rings. The fraction of sp³-hybridized carbons (Fsp3) is 0.267. The molecule has 1 nitrogen and oxygen atoms in total. The molecule has 17 heavy (non-hydrogen) atoms. The van der Waals surface area contributed by atoms with Crippen LogP contribution in [0.25, 0.3) is 11.3 Å². The topological polar surface area (TPSA) is 12.9 Å². The molecule has 0 aliphatic carbocycles. The van der Waals surface area contributed by atoms with Gasteiger partial charge in [-0.3, -0.25) is 0 Å². The molecule has 0 saturated carbocycles. The maximum atomic E-state index is 4.46. The molecule has 1 heterocycles. The quantitative estimate of drug-likeness (QED) is 0.814. The lowest BCUT2D eigenvalue weighted by molar-refractivity contribution is 1.00. The van der Waals surface area contributed by atoms with Gasteiger partial charge in [0, 0.05) is 10.0 Å². The van der Waals surface area contributed by atoms with Crippen molar-refractivity contribution in [1.82, 2.24) is 4.98 Å². The van der Waals surface area contributed by atoms with Crippen molar-refractivity contribution in [2.75, 3.05) is 0 Å². The number of nitrogens with zero attached hydrogens (tertiary/aromatic N) is 1. The number of hydrogen-bond donors (Lipinski definition) is 0. The molecule has 2 aromatic rings. The number of benzene rings is 1. The third-order valence-electron chi connectivity index (χ3n) is 2.94. The van der Waals surface area contributed by atoms with Crippen LogP contribution in [0.15, 0.2) is 34.8 Å². The Morgan fingerprint density at radius 2 is 1.71 bits per heavy atom. The van der Waals surface area contributed by atoms with Gasteiger partial charge in [-0.05, 0) is 39.9 Å². The maximum absolute atomic E-state index is 4.46. The Labute approximate surface area is 111 Å². The highest BCUT2D eigenvalue weighted by Crippen LogP contribution is 2.29. The van der Waals surface area contributed by atoms with E-state index in [4.69, 9.17) is 0 Å². The van der Waals surface area contributed by atoms with Crippen LogP contribution in [0.4, 0.5) is 0 Å². The summed E-state index contributed by atoms with van der Waals surface area (Å²) in [6, 6.07) is 10.3. The van der Waals surface area contributed by atoms with Gasteiger partial charge in [0.2, 0.25) is 0 Å². The van der Waals surface area contributed by atoms with Gasteiger partial charge in [0.25, 0.3) is 0 Å². The first-order valence-corrected chi connectivity index (χ1v) is 6.71. The lowest BCUT2D eigenvalue weighted by Gasteiger charge is -2.13. The average molecular weight is 289 g/mol. The molecule has 1 radical (unpaired) electrons. The number of halogens is 1. The van der Waals surface area contributed by atoms with Crippen molar-refractivity contribution >= 4 is 15.9 Å². The van der Waals surface area contributed by atoms with Crippen LogP contribution in [0.5, 0.6) is 0 Å². The first-order chi connectivity index (χ1) is 8.27. The molecule has 87 valence electrons. The first kappa shape index (κ1) is 12.3. The van der Waals surface area contributed by atoms with Crippen molar-refractivity contribution in [2.24, 2.45) is 0 Å². The zero-order chi connectivity index (χ0) is 12.3. The van der Waals surface area contributed by atoms with Crippen molar-refractivity contribution in [3.05, 3.63) is 52.1 Å². The van der Waals surface area contributed by atoms with Crippen LogP contribution in [0.3, 0.4) is 0 Å². The predicted octanol–water partition coefficient (Wildman–Crippen LogP) is 4.44. The maximum Gasteiger partial charge on any atom is 0.105 e. The second-order valence-corrected chi connectivity index (χ2v) is 4.71. The van der Waals surface area contributed by atoms with Crippen LogP contribution < -0.4 is 0 Å². The normalized spacial score (nSPS) is 10.5. The van der Waals surface area contributed by atoms with Crippen LogP contribution in [0, 0.1) is 6.20 Å². The summed E-state index contributed by atoms with van der Waals surface area (Å²) in [5.41, 5.74) is 4.88. The summed E-state index contributed by atoms with van der Waals surface area (Å²) in [7, 11) is 0. The fourth-order valence-electron chi connectivity index (χ4n) is 2.10. The third kappa shape index (κ3) is 2.42. The molecule has 0 unspecified atom stereocenters. The van der Waals surface area contributed by atoms with Gasteiger partial charge in [-0.1, -0.05) is 44.2 Å². The Morgan fingerprint density at radius 1 is 1.06 bits per heavy atom. The van der Waals surface area contributed by atoms with Crippen LogP contribution in [-0.2, 0) is 12.8 Å². The van der Waals surface area contributed by atoms with Crippen molar-refractivity contribution in [3.8, 4) is 11.3 Å². The first-order valence-electron chi connectivity index (χ1n) is 5.92. The van der Waals surface area contributed by atoms with Gasteiger partial charge < -0.3 is 0 Å². The smallest absolute Gasteiger partial charge is 0.105 e. The summed E-state index contributed by atoms with van der Waals surface area (Å²) in [6.07, 6.45) is 5.06. The van der Waals surface area contributed by atoms with Crippen molar-refractivity contribution in [1.29, 1.82) is 0 Å². The van der Waals surface area contributed by atoms with Crippen LogP contribution >= 0.6 is 15.9 Å². The number of pyridine rings is 1. The van der Waals surface area contributed by atoms with E-state index in [1.807, 2.05) is 18.2 Å². The van der Waals surface area contributed by atoms with Crippen LogP contribution in [-0.4, -0.2) is 4.98 Å². The van der Waals surface area contributed by atoms with Gasteiger partial charge in [-0.2, -0.15) is 0 Å². The molecule has 0 spiro atoms. The lowest BCUT2D eigenvalue weighted by atomic mass is 9.98. The lowest BCUT2D eigenvalue weighted by Crippen LogP contribution is -1.99. The van der Waals surface area contributed by atoms with E-state index in [1.54, 1.807) is 0 Å². The summed E-state index contributed by atoms with van der Waals surface area (Å²) in [5.74, 6) is 0. The Morgan fingerprint density at radius 3 is 2.29 bits per heavy atom. The predicted molar refractivity (Wildman–Crippen MR) is 75.0 cm³/mol. The summed E-state index contributed by atoms with van der Waals surface area (Å²) < 4.78 is 0.997. The second-order valence-electron chi connectivity index (χ2n) is 3.92. The van der Waals surface area contributed by atoms with Crippen LogP contribution in [0.2, 0.25) is 0 Å². The standard InChI is InChI=1S/C15H15BrN/c1-3-12-13(4-2)15(17-10-14(12)16)11-8-6-5-7-9-11/h5-9H,3-4H2,1-2H3. The highest BCUT2D eigenvalue weighted by molar-refractivity contribution is 9.10. The largest absolute Gasteiger partial charge is 0.245 e. The molecule has 0 aliphatic heterocycles. The van der Waals surface area contributed by atoms with Gasteiger partial charge >= 0.3 is 0 Å². The number of aromatic nitrogens is 1. The molecular weight excluding hydrogens is 274 g/mol. The molecule has 0 atom stereocenters. The molecule has 0 saturated heterocycles. The van der Waals surface area contributed by atoms with Gasteiger partial charge in [0.1, 0.15) is 6.20 Å².